The van der Waals surface area contributed by atoms with Crippen molar-refractivity contribution in [3.05, 3.63) is 0 Å². The number of amides is 3. The third-order valence-electron chi connectivity index (χ3n) is 4.79. The molecule has 0 aromatic heterocycles. The molecule has 2 heterocycles. The molecule has 0 aliphatic carbocycles. The minimum absolute atomic E-state index is 0.000888. The fourth-order valence-electron chi connectivity index (χ4n) is 3.46. The maximum Gasteiger partial charge on any atom is 0.410 e. The molecule has 2 fully saturated rings. The molecule has 27 heavy (non-hydrogen) atoms. The van der Waals surface area contributed by atoms with Gasteiger partial charge in [0, 0.05) is 39.0 Å². The SMILES string of the molecule is CC1COCC(C)N1C(=O)CCC(=O)N1CCN(C(=O)OC(C)(C)C)CC1. The van der Waals surface area contributed by atoms with Gasteiger partial charge in [0.25, 0.3) is 0 Å². The van der Waals surface area contributed by atoms with Crippen molar-refractivity contribution >= 4 is 17.9 Å². The second-order valence-electron chi connectivity index (χ2n) is 8.38. The first-order chi connectivity index (χ1) is 12.6. The number of hydrogen-bond donors (Lipinski definition) is 0. The number of carbonyl (C=O) groups excluding carboxylic acids is 3. The molecule has 0 saturated carbocycles. The van der Waals surface area contributed by atoms with Gasteiger partial charge in [0.05, 0.1) is 25.3 Å². The Kier molecular flexibility index (Phi) is 7.08. The van der Waals surface area contributed by atoms with Crippen LogP contribution in [0.25, 0.3) is 0 Å². The van der Waals surface area contributed by atoms with E-state index in [0.29, 0.717) is 39.4 Å². The van der Waals surface area contributed by atoms with Crippen molar-refractivity contribution in [1.82, 2.24) is 14.7 Å². The lowest BCUT2D eigenvalue weighted by Crippen LogP contribution is -2.53. The quantitative estimate of drug-likeness (QED) is 0.738. The third-order valence-corrected chi connectivity index (χ3v) is 4.79. The van der Waals surface area contributed by atoms with Gasteiger partial charge in [-0.25, -0.2) is 4.79 Å². The van der Waals surface area contributed by atoms with Crippen LogP contribution in [0.15, 0.2) is 0 Å². The van der Waals surface area contributed by atoms with Crippen molar-refractivity contribution in [3.63, 3.8) is 0 Å². The highest BCUT2D eigenvalue weighted by Gasteiger charge is 2.31. The number of rotatable bonds is 3. The molecule has 2 unspecified atom stereocenters. The summed E-state index contributed by atoms with van der Waals surface area (Å²) in [5.74, 6) is -0.0419. The maximum absolute atomic E-state index is 12.5. The molecular weight excluding hydrogens is 350 g/mol. The fourth-order valence-corrected chi connectivity index (χ4v) is 3.46. The molecule has 3 amide bonds. The first kappa shape index (κ1) is 21.5. The average Bonchev–Trinajstić information content (AvgIpc) is 2.58. The van der Waals surface area contributed by atoms with Gasteiger partial charge >= 0.3 is 6.09 Å². The van der Waals surface area contributed by atoms with Gasteiger partial charge in [0.2, 0.25) is 11.8 Å². The number of piperazine rings is 1. The van der Waals surface area contributed by atoms with Gasteiger partial charge in [0.15, 0.2) is 0 Å². The summed E-state index contributed by atoms with van der Waals surface area (Å²) in [5, 5.41) is 0. The standard InChI is InChI=1S/C19H33N3O5/c1-14-12-26-13-15(2)22(14)17(24)7-6-16(23)20-8-10-21(11-9-20)18(25)27-19(3,4)5/h14-15H,6-13H2,1-5H3. The van der Waals surface area contributed by atoms with Crippen molar-refractivity contribution in [2.45, 2.75) is 65.1 Å². The van der Waals surface area contributed by atoms with E-state index < -0.39 is 5.60 Å². The Morgan fingerprint density at radius 1 is 0.889 bits per heavy atom. The predicted octanol–water partition coefficient (Wildman–Crippen LogP) is 1.48. The molecule has 154 valence electrons. The van der Waals surface area contributed by atoms with Gasteiger partial charge in [-0.15, -0.1) is 0 Å². The normalized spacial score (nSPS) is 24.0. The van der Waals surface area contributed by atoms with Crippen LogP contribution in [0.5, 0.6) is 0 Å². The van der Waals surface area contributed by atoms with E-state index in [9.17, 15) is 14.4 Å². The fraction of sp³-hybridized carbons (Fsp3) is 0.842. The van der Waals surface area contributed by atoms with Crippen molar-refractivity contribution in [2.24, 2.45) is 0 Å². The number of carbonyl (C=O) groups is 3. The second-order valence-corrected chi connectivity index (χ2v) is 8.38. The lowest BCUT2D eigenvalue weighted by molar-refractivity contribution is -0.146. The Hall–Kier alpha value is -1.83. The molecule has 2 atom stereocenters. The van der Waals surface area contributed by atoms with Gasteiger partial charge in [0.1, 0.15) is 5.60 Å². The zero-order chi connectivity index (χ0) is 20.2. The predicted molar refractivity (Wildman–Crippen MR) is 100 cm³/mol. The summed E-state index contributed by atoms with van der Waals surface area (Å²) in [4.78, 5) is 42.2. The van der Waals surface area contributed by atoms with Crippen LogP contribution in [-0.4, -0.2) is 89.7 Å². The van der Waals surface area contributed by atoms with E-state index in [0.717, 1.165) is 0 Å². The van der Waals surface area contributed by atoms with Gasteiger partial charge in [-0.3, -0.25) is 9.59 Å². The summed E-state index contributed by atoms with van der Waals surface area (Å²) in [6.07, 6.45) is 0.0575. The van der Waals surface area contributed by atoms with E-state index in [-0.39, 0.29) is 42.8 Å². The van der Waals surface area contributed by atoms with Crippen molar-refractivity contribution < 1.29 is 23.9 Å². The van der Waals surface area contributed by atoms with E-state index in [1.165, 1.54) is 0 Å². The molecule has 0 spiro atoms. The summed E-state index contributed by atoms with van der Waals surface area (Å²) in [6, 6.07) is 0.0717. The van der Waals surface area contributed by atoms with Crippen LogP contribution in [0.1, 0.15) is 47.5 Å². The highest BCUT2D eigenvalue weighted by Crippen LogP contribution is 2.16. The smallest absolute Gasteiger partial charge is 0.410 e. The summed E-state index contributed by atoms with van der Waals surface area (Å²) in [5.41, 5.74) is -0.530. The first-order valence-electron chi connectivity index (χ1n) is 9.73. The molecule has 2 aliphatic rings. The number of hydrogen-bond acceptors (Lipinski definition) is 5. The van der Waals surface area contributed by atoms with Crippen molar-refractivity contribution in [1.29, 1.82) is 0 Å². The molecule has 0 aromatic rings. The molecule has 0 N–H and O–H groups in total. The van der Waals surface area contributed by atoms with E-state index in [1.807, 2.05) is 39.5 Å². The van der Waals surface area contributed by atoms with Gasteiger partial charge in [-0.1, -0.05) is 0 Å². The highest BCUT2D eigenvalue weighted by molar-refractivity contribution is 5.84. The Labute approximate surface area is 161 Å². The van der Waals surface area contributed by atoms with Crippen LogP contribution in [0.4, 0.5) is 4.79 Å². The second kappa shape index (κ2) is 8.91. The van der Waals surface area contributed by atoms with E-state index in [1.54, 1.807) is 9.80 Å². The van der Waals surface area contributed by atoms with Gasteiger partial charge in [-0.2, -0.15) is 0 Å². The third kappa shape index (κ3) is 6.09. The molecule has 0 radical (unpaired) electrons. The highest BCUT2D eigenvalue weighted by atomic mass is 16.6. The van der Waals surface area contributed by atoms with Crippen LogP contribution >= 0.6 is 0 Å². The molecule has 2 aliphatic heterocycles. The maximum atomic E-state index is 12.5. The monoisotopic (exact) mass is 383 g/mol. The summed E-state index contributed by atoms with van der Waals surface area (Å²) >= 11 is 0. The Balaban J connectivity index is 1.76. The average molecular weight is 383 g/mol. The van der Waals surface area contributed by atoms with Gasteiger partial charge < -0.3 is 24.2 Å². The molecule has 2 saturated heterocycles. The van der Waals surface area contributed by atoms with E-state index in [4.69, 9.17) is 9.47 Å². The van der Waals surface area contributed by atoms with Crippen LogP contribution < -0.4 is 0 Å². The summed E-state index contributed by atoms with van der Waals surface area (Å²) < 4.78 is 10.8. The first-order valence-corrected chi connectivity index (χ1v) is 9.73. The topological polar surface area (TPSA) is 79.4 Å². The molecule has 2 rings (SSSR count). The molecular formula is C19H33N3O5. The molecule has 8 heteroatoms. The van der Waals surface area contributed by atoms with E-state index >= 15 is 0 Å². The Morgan fingerprint density at radius 3 is 1.89 bits per heavy atom. The molecule has 0 bridgehead atoms. The number of morpholine rings is 1. The zero-order valence-corrected chi connectivity index (χ0v) is 17.2. The summed E-state index contributed by atoms with van der Waals surface area (Å²) in [7, 11) is 0. The molecule has 8 nitrogen and oxygen atoms in total. The Bertz CT molecular complexity index is 542. The lowest BCUT2D eigenvalue weighted by atomic mass is 10.1. The van der Waals surface area contributed by atoms with Gasteiger partial charge in [-0.05, 0) is 34.6 Å². The number of ether oxygens (including phenoxy) is 2. The minimum atomic E-state index is -0.530. The zero-order valence-electron chi connectivity index (χ0n) is 17.2. The summed E-state index contributed by atoms with van der Waals surface area (Å²) in [6.45, 7) is 12.3. The van der Waals surface area contributed by atoms with Crippen LogP contribution in [-0.2, 0) is 19.1 Å². The Morgan fingerprint density at radius 2 is 1.37 bits per heavy atom. The van der Waals surface area contributed by atoms with Crippen molar-refractivity contribution in [2.75, 3.05) is 39.4 Å². The number of nitrogens with zero attached hydrogens (tertiary/aromatic N) is 3. The van der Waals surface area contributed by atoms with E-state index in [2.05, 4.69) is 0 Å². The lowest BCUT2D eigenvalue weighted by Gasteiger charge is -2.39. The van der Waals surface area contributed by atoms with Crippen LogP contribution in [0, 0.1) is 0 Å². The van der Waals surface area contributed by atoms with Crippen LogP contribution in [0.3, 0.4) is 0 Å². The minimum Gasteiger partial charge on any atom is -0.444 e. The van der Waals surface area contributed by atoms with Crippen molar-refractivity contribution in [3.8, 4) is 0 Å². The van der Waals surface area contributed by atoms with Crippen LogP contribution in [0.2, 0.25) is 0 Å². The largest absolute Gasteiger partial charge is 0.444 e. The molecule has 0 aromatic carbocycles.